The number of amides is 1. The lowest BCUT2D eigenvalue weighted by molar-refractivity contribution is -0.128. The number of hydrogen-bond donors (Lipinski definition) is 2. The summed E-state index contributed by atoms with van der Waals surface area (Å²) in [5, 5.41) is 6.83. The first-order chi connectivity index (χ1) is 18.8. The van der Waals surface area contributed by atoms with Crippen LogP contribution in [0.5, 0.6) is 11.5 Å². The number of anilines is 1. The predicted octanol–water partition coefficient (Wildman–Crippen LogP) is 4.00. The molecule has 0 bridgehead atoms. The van der Waals surface area contributed by atoms with E-state index < -0.39 is 17.8 Å². The minimum Gasteiger partial charge on any atom is -0.457 e. The number of nitrogens with zero attached hydrogens (tertiary/aromatic N) is 4. The minimum absolute atomic E-state index is 0.126. The predicted molar refractivity (Wildman–Crippen MR) is 150 cm³/mol. The van der Waals surface area contributed by atoms with E-state index in [4.69, 9.17) is 10.5 Å². The molecule has 0 saturated carbocycles. The molecule has 1 fully saturated rings. The topological polar surface area (TPSA) is 109 Å². The summed E-state index contributed by atoms with van der Waals surface area (Å²) in [5.41, 5.74) is 7.40. The maximum absolute atomic E-state index is 15.4. The normalized spacial score (nSPS) is 17.8. The number of aromatic amines is 1. The van der Waals surface area contributed by atoms with E-state index in [1.165, 1.54) is 6.08 Å². The van der Waals surface area contributed by atoms with Crippen molar-refractivity contribution in [2.24, 2.45) is 0 Å². The van der Waals surface area contributed by atoms with Crippen LogP contribution in [0.4, 0.5) is 10.2 Å². The molecule has 4 aromatic rings. The van der Waals surface area contributed by atoms with Gasteiger partial charge in [-0.1, -0.05) is 36.4 Å². The Hall–Kier alpha value is -4.44. The fourth-order valence-electron chi connectivity index (χ4n) is 4.88. The van der Waals surface area contributed by atoms with Crippen LogP contribution in [-0.2, 0) is 4.79 Å². The lowest BCUT2D eigenvalue weighted by atomic mass is 10.0. The number of piperidine rings is 1. The summed E-state index contributed by atoms with van der Waals surface area (Å²) in [7, 11) is 3.83. The molecule has 5 rings (SSSR count). The molecule has 39 heavy (non-hydrogen) atoms. The van der Waals surface area contributed by atoms with Gasteiger partial charge in [-0.15, -0.1) is 0 Å². The number of nitrogen functional groups attached to an aromatic ring is 1. The number of rotatable bonds is 7. The average Bonchev–Trinajstić information content (AvgIpc) is 3.33. The summed E-state index contributed by atoms with van der Waals surface area (Å²) in [6, 6.07) is 16.0. The largest absolute Gasteiger partial charge is 0.457 e. The van der Waals surface area contributed by atoms with Crippen LogP contribution in [0.15, 0.2) is 77.7 Å². The third-order valence-electron chi connectivity index (χ3n) is 6.83. The van der Waals surface area contributed by atoms with E-state index in [2.05, 4.69) is 10.2 Å². The molecular formula is C29H31FN6O3. The van der Waals surface area contributed by atoms with Gasteiger partial charge in [0.15, 0.2) is 5.82 Å². The van der Waals surface area contributed by atoms with E-state index in [0.29, 0.717) is 35.5 Å². The first kappa shape index (κ1) is 26.2. The Morgan fingerprint density at radius 3 is 2.62 bits per heavy atom. The summed E-state index contributed by atoms with van der Waals surface area (Å²) in [5.74, 6) is 1.30. The van der Waals surface area contributed by atoms with Crippen molar-refractivity contribution in [2.45, 2.75) is 18.6 Å². The summed E-state index contributed by atoms with van der Waals surface area (Å²) in [6.45, 7) is 1.05. The van der Waals surface area contributed by atoms with Gasteiger partial charge in [-0.3, -0.25) is 9.59 Å². The first-order valence-electron chi connectivity index (χ1n) is 12.8. The molecule has 10 heteroatoms. The van der Waals surface area contributed by atoms with Crippen molar-refractivity contribution in [3.8, 4) is 22.6 Å². The van der Waals surface area contributed by atoms with E-state index in [-0.39, 0.29) is 30.2 Å². The van der Waals surface area contributed by atoms with Crippen molar-refractivity contribution in [1.82, 2.24) is 24.6 Å². The minimum atomic E-state index is -1.25. The van der Waals surface area contributed by atoms with Gasteiger partial charge in [0.2, 0.25) is 5.91 Å². The highest BCUT2D eigenvalue weighted by Gasteiger charge is 2.34. The number of likely N-dealkylation sites (N-methyl/N-ethyl adjacent to an activating group) is 1. The number of hydrogen-bond acceptors (Lipinski definition) is 6. The number of halogens is 1. The number of para-hydroxylation sites is 1. The van der Waals surface area contributed by atoms with Gasteiger partial charge in [-0.25, -0.2) is 9.49 Å². The quantitative estimate of drug-likeness (QED) is 0.350. The summed E-state index contributed by atoms with van der Waals surface area (Å²) in [6.07, 6.45) is 3.95. The van der Waals surface area contributed by atoms with Gasteiger partial charge in [-0.05, 0) is 50.3 Å². The zero-order valence-corrected chi connectivity index (χ0v) is 21.9. The lowest BCUT2D eigenvalue weighted by Gasteiger charge is -2.35. The van der Waals surface area contributed by atoms with Crippen LogP contribution >= 0.6 is 0 Å². The number of carbonyl (C=O) groups is 1. The molecule has 2 aromatic heterocycles. The van der Waals surface area contributed by atoms with Crippen LogP contribution in [0.2, 0.25) is 0 Å². The molecule has 3 heterocycles. The van der Waals surface area contributed by atoms with Crippen molar-refractivity contribution in [3.63, 3.8) is 0 Å². The molecule has 2 aromatic carbocycles. The molecule has 9 nitrogen and oxygen atoms in total. The van der Waals surface area contributed by atoms with Crippen molar-refractivity contribution in [3.05, 3.63) is 83.3 Å². The van der Waals surface area contributed by atoms with Crippen LogP contribution in [0, 0.1) is 0 Å². The molecule has 1 aliphatic heterocycles. The van der Waals surface area contributed by atoms with E-state index in [9.17, 15) is 9.59 Å². The number of benzene rings is 2. The SMILES string of the molecule is CN(C)C/C=C/C(=O)N1CCC(F)C(n2cc(-c3ccc(Oc4ccccc4)cc3)c3c(N)n[nH]c(=O)c32)C1. The molecule has 2 unspecified atom stereocenters. The van der Waals surface area contributed by atoms with Crippen molar-refractivity contribution >= 4 is 22.6 Å². The van der Waals surface area contributed by atoms with E-state index in [1.54, 1.807) is 21.7 Å². The Morgan fingerprint density at radius 2 is 1.90 bits per heavy atom. The number of fused-ring (bicyclic) bond motifs is 1. The highest BCUT2D eigenvalue weighted by molar-refractivity contribution is 6.02. The molecule has 2 atom stereocenters. The highest BCUT2D eigenvalue weighted by Crippen LogP contribution is 2.37. The number of H-pyrrole nitrogens is 1. The standard InChI is InChI=1S/C29H31FN6O3/c1-34(2)15-6-9-25(37)35-16-14-23(30)24(18-35)36-17-22(26-27(36)29(38)33-32-28(26)31)19-10-12-21(13-11-19)39-20-7-4-3-5-8-20/h3-13,17,23-24H,14-16,18H2,1-2H3,(H2,31,32)(H,33,38)/b9-6+. The average molecular weight is 531 g/mol. The van der Waals surface area contributed by atoms with Crippen LogP contribution in [-0.4, -0.2) is 70.4 Å². The van der Waals surface area contributed by atoms with Crippen LogP contribution in [0.1, 0.15) is 12.5 Å². The molecule has 1 aliphatic rings. The first-order valence-corrected chi connectivity index (χ1v) is 12.8. The number of likely N-dealkylation sites (tertiary alicyclic amines) is 1. The Kier molecular flexibility index (Phi) is 7.47. The lowest BCUT2D eigenvalue weighted by Crippen LogP contribution is -2.45. The number of aromatic nitrogens is 3. The Balaban J connectivity index is 1.49. The van der Waals surface area contributed by atoms with Crippen molar-refractivity contribution in [2.75, 3.05) is 39.5 Å². The molecule has 3 N–H and O–H groups in total. The molecule has 0 aliphatic carbocycles. The van der Waals surface area contributed by atoms with E-state index >= 15 is 4.39 Å². The van der Waals surface area contributed by atoms with Gasteiger partial charge in [0, 0.05) is 37.5 Å². The molecule has 1 saturated heterocycles. The van der Waals surface area contributed by atoms with Gasteiger partial charge >= 0.3 is 0 Å². The molecule has 0 radical (unpaired) electrons. The number of ether oxygens (including phenoxy) is 1. The van der Waals surface area contributed by atoms with Gasteiger partial charge < -0.3 is 24.8 Å². The van der Waals surface area contributed by atoms with Crippen molar-refractivity contribution < 1.29 is 13.9 Å². The molecule has 0 spiro atoms. The maximum Gasteiger partial charge on any atom is 0.288 e. The van der Waals surface area contributed by atoms with Gasteiger partial charge in [-0.2, -0.15) is 5.10 Å². The molecule has 1 amide bonds. The van der Waals surface area contributed by atoms with Crippen LogP contribution in [0.25, 0.3) is 22.0 Å². The number of carbonyl (C=O) groups excluding carboxylic acids is 1. The fourth-order valence-corrected chi connectivity index (χ4v) is 4.88. The second kappa shape index (κ2) is 11.1. The molecule has 202 valence electrons. The maximum atomic E-state index is 15.4. The third-order valence-corrected chi connectivity index (χ3v) is 6.83. The number of alkyl halides is 1. The summed E-state index contributed by atoms with van der Waals surface area (Å²) >= 11 is 0. The monoisotopic (exact) mass is 530 g/mol. The zero-order chi connectivity index (χ0) is 27.5. The van der Waals surface area contributed by atoms with E-state index in [1.807, 2.05) is 73.6 Å². The molecular weight excluding hydrogens is 499 g/mol. The fraction of sp³-hybridized carbons (Fsp3) is 0.276. The second-order valence-corrected chi connectivity index (χ2v) is 9.87. The summed E-state index contributed by atoms with van der Waals surface area (Å²) < 4.78 is 22.9. The Morgan fingerprint density at radius 1 is 1.18 bits per heavy atom. The smallest absolute Gasteiger partial charge is 0.288 e. The number of nitrogens with two attached hydrogens (primary N) is 1. The second-order valence-electron chi connectivity index (χ2n) is 9.87. The van der Waals surface area contributed by atoms with Crippen molar-refractivity contribution in [1.29, 1.82) is 0 Å². The van der Waals surface area contributed by atoms with E-state index in [0.717, 1.165) is 5.56 Å². The Labute approximate surface area is 225 Å². The van der Waals surface area contributed by atoms with Crippen LogP contribution < -0.4 is 16.0 Å². The summed E-state index contributed by atoms with van der Waals surface area (Å²) in [4.78, 5) is 29.4. The van der Waals surface area contributed by atoms with Gasteiger partial charge in [0.05, 0.1) is 11.4 Å². The van der Waals surface area contributed by atoms with Gasteiger partial charge in [0.25, 0.3) is 5.56 Å². The van der Waals surface area contributed by atoms with Gasteiger partial charge in [0.1, 0.15) is 23.2 Å². The van der Waals surface area contributed by atoms with Crippen LogP contribution in [0.3, 0.4) is 0 Å². The third kappa shape index (κ3) is 5.56. The zero-order valence-electron chi connectivity index (χ0n) is 21.9. The Bertz CT molecular complexity index is 1550. The number of nitrogens with one attached hydrogen (secondary N) is 1. The highest BCUT2D eigenvalue weighted by atomic mass is 19.1.